The van der Waals surface area contributed by atoms with Crippen molar-refractivity contribution in [1.29, 1.82) is 0 Å². The lowest BCUT2D eigenvalue weighted by Crippen LogP contribution is -2.46. The Morgan fingerprint density at radius 1 is 1.03 bits per heavy atom. The molecule has 2 heterocycles. The molecule has 0 aromatic heterocycles. The zero-order valence-electron chi connectivity index (χ0n) is 22.7. The largest absolute Gasteiger partial charge is 0.380 e. The van der Waals surface area contributed by atoms with Crippen LogP contribution in [0.4, 0.5) is 0 Å². The molecule has 6 nitrogen and oxygen atoms in total. The Morgan fingerprint density at radius 2 is 1.73 bits per heavy atom. The van der Waals surface area contributed by atoms with Crippen molar-refractivity contribution < 1.29 is 14.3 Å². The number of rotatable bonds is 8. The molecule has 37 heavy (non-hydrogen) atoms. The quantitative estimate of drug-likeness (QED) is 0.552. The first-order valence-corrected chi connectivity index (χ1v) is 13.8. The normalized spacial score (nSPS) is 24.9. The Kier molecular flexibility index (Phi) is 7.42. The Hall–Kier alpha value is -2.70. The zero-order valence-corrected chi connectivity index (χ0v) is 22.7. The van der Waals surface area contributed by atoms with Gasteiger partial charge in [0, 0.05) is 44.9 Å². The summed E-state index contributed by atoms with van der Waals surface area (Å²) < 4.78 is 5.59. The van der Waals surface area contributed by atoms with Crippen molar-refractivity contribution in [3.8, 4) is 0 Å². The molecule has 5 rings (SSSR count). The molecule has 1 saturated heterocycles. The van der Waals surface area contributed by atoms with E-state index in [1.54, 1.807) is 0 Å². The van der Waals surface area contributed by atoms with E-state index in [0.29, 0.717) is 37.5 Å². The number of piperidine rings is 1. The summed E-state index contributed by atoms with van der Waals surface area (Å²) in [6.07, 6.45) is 0.960. The molecule has 2 aromatic carbocycles. The van der Waals surface area contributed by atoms with Crippen LogP contribution in [0.5, 0.6) is 0 Å². The van der Waals surface area contributed by atoms with Gasteiger partial charge in [-0.1, -0.05) is 57.2 Å². The van der Waals surface area contributed by atoms with E-state index in [1.165, 1.54) is 11.1 Å². The number of likely N-dealkylation sites (tertiary alicyclic amines) is 1. The van der Waals surface area contributed by atoms with E-state index >= 15 is 0 Å². The first kappa shape index (κ1) is 25.9. The smallest absolute Gasteiger partial charge is 0.253 e. The Labute approximate surface area is 221 Å². The van der Waals surface area contributed by atoms with Gasteiger partial charge in [0.2, 0.25) is 5.91 Å². The molecule has 1 N–H and O–H groups in total. The molecule has 0 spiro atoms. The van der Waals surface area contributed by atoms with E-state index < -0.39 is 0 Å². The van der Waals surface area contributed by atoms with Crippen LogP contribution in [0.3, 0.4) is 0 Å². The predicted octanol–water partition coefficient (Wildman–Crippen LogP) is 4.05. The molecular formula is C31H41N3O3. The number of benzene rings is 2. The minimum atomic E-state index is -0.266. The fraction of sp³-hybridized carbons (Fsp3) is 0.548. The third kappa shape index (κ3) is 5.46. The van der Waals surface area contributed by atoms with Crippen molar-refractivity contribution in [3.63, 3.8) is 0 Å². The minimum Gasteiger partial charge on any atom is -0.380 e. The molecule has 0 radical (unpaired) electrons. The van der Waals surface area contributed by atoms with Crippen LogP contribution in [0.25, 0.3) is 0 Å². The van der Waals surface area contributed by atoms with Crippen LogP contribution >= 0.6 is 0 Å². The van der Waals surface area contributed by atoms with Crippen LogP contribution < -0.4 is 5.32 Å². The maximum absolute atomic E-state index is 13.5. The number of nitrogens with one attached hydrogen (secondary N) is 1. The van der Waals surface area contributed by atoms with Gasteiger partial charge in [-0.05, 0) is 65.3 Å². The summed E-state index contributed by atoms with van der Waals surface area (Å²) in [6, 6.07) is 16.1. The minimum absolute atomic E-state index is 0.0779. The van der Waals surface area contributed by atoms with Crippen molar-refractivity contribution >= 4 is 11.8 Å². The predicted molar refractivity (Wildman–Crippen MR) is 145 cm³/mol. The maximum atomic E-state index is 13.5. The van der Waals surface area contributed by atoms with E-state index in [4.69, 9.17) is 4.74 Å². The molecule has 3 unspecified atom stereocenters. The highest BCUT2D eigenvalue weighted by atomic mass is 16.5. The highest BCUT2D eigenvalue weighted by molar-refractivity contribution is 5.94. The molecule has 2 aliphatic heterocycles. The summed E-state index contributed by atoms with van der Waals surface area (Å²) >= 11 is 0. The third-order valence-corrected chi connectivity index (χ3v) is 8.53. The fourth-order valence-corrected chi connectivity index (χ4v) is 6.22. The second kappa shape index (κ2) is 10.6. The highest BCUT2D eigenvalue weighted by Crippen LogP contribution is 2.51. The van der Waals surface area contributed by atoms with Crippen molar-refractivity contribution in [3.05, 3.63) is 70.8 Å². The van der Waals surface area contributed by atoms with Gasteiger partial charge in [-0.15, -0.1) is 0 Å². The summed E-state index contributed by atoms with van der Waals surface area (Å²) in [5, 5.41) is 3.28. The number of amides is 2. The van der Waals surface area contributed by atoms with E-state index in [9.17, 15) is 9.59 Å². The molecular weight excluding hydrogens is 462 g/mol. The van der Waals surface area contributed by atoms with Gasteiger partial charge < -0.3 is 15.0 Å². The molecule has 2 fully saturated rings. The van der Waals surface area contributed by atoms with Gasteiger partial charge in [0.15, 0.2) is 0 Å². The first-order valence-electron chi connectivity index (χ1n) is 13.8. The number of ether oxygens (including phenoxy) is 1. The summed E-state index contributed by atoms with van der Waals surface area (Å²) in [6.45, 7) is 13.8. The molecule has 1 saturated carbocycles. The van der Waals surface area contributed by atoms with E-state index in [0.717, 1.165) is 43.7 Å². The summed E-state index contributed by atoms with van der Waals surface area (Å²) in [5.74, 6) is 1.66. The van der Waals surface area contributed by atoms with Crippen molar-refractivity contribution in [2.45, 2.75) is 45.6 Å². The van der Waals surface area contributed by atoms with Crippen molar-refractivity contribution in [2.24, 2.45) is 17.8 Å². The first-order chi connectivity index (χ1) is 17.8. The van der Waals surface area contributed by atoms with Gasteiger partial charge in [0.05, 0.1) is 6.61 Å². The molecule has 6 heteroatoms. The lowest BCUT2D eigenvalue weighted by Gasteiger charge is -2.36. The zero-order chi connectivity index (χ0) is 26.2. The van der Waals surface area contributed by atoms with Crippen LogP contribution in [0, 0.1) is 17.8 Å². The number of carbonyl (C=O) groups excluding carboxylic acids is 2. The number of fused-ring (bicyclic) bond motifs is 2. The Morgan fingerprint density at radius 3 is 2.41 bits per heavy atom. The van der Waals surface area contributed by atoms with Crippen LogP contribution in [0.1, 0.15) is 60.8 Å². The lowest BCUT2D eigenvalue weighted by molar-refractivity contribution is -0.127. The van der Waals surface area contributed by atoms with E-state index in [1.807, 2.05) is 30.0 Å². The molecule has 1 aliphatic carbocycles. The second-order valence-electron chi connectivity index (χ2n) is 11.9. The molecule has 3 aliphatic rings. The number of hydrogen-bond donors (Lipinski definition) is 1. The van der Waals surface area contributed by atoms with Gasteiger partial charge in [-0.3, -0.25) is 14.5 Å². The molecule has 2 aromatic rings. The van der Waals surface area contributed by atoms with Crippen LogP contribution in [-0.2, 0) is 21.4 Å². The van der Waals surface area contributed by atoms with Gasteiger partial charge in [-0.2, -0.15) is 0 Å². The Bertz CT molecular complexity index is 1110. The topological polar surface area (TPSA) is 61.9 Å². The van der Waals surface area contributed by atoms with Gasteiger partial charge in [0.1, 0.15) is 6.04 Å². The maximum Gasteiger partial charge on any atom is 0.253 e. The van der Waals surface area contributed by atoms with Crippen LogP contribution in [0.15, 0.2) is 48.5 Å². The molecule has 2 amide bonds. The standard InChI is InChI=1S/C31H41N3O3/c1-5-37-17-16-33-15-14-21-8-6-7-9-24(21)28(33)29(35)32-18-25-26-19-34(20-27(25)26)30(36)22-10-12-23(13-11-22)31(2,3)4/h6-13,25-28H,5,14-20H2,1-4H3,(H,32,35). The van der Waals surface area contributed by atoms with Gasteiger partial charge in [-0.25, -0.2) is 0 Å². The fourth-order valence-electron chi connectivity index (χ4n) is 6.22. The highest BCUT2D eigenvalue weighted by Gasteiger charge is 2.56. The second-order valence-corrected chi connectivity index (χ2v) is 11.9. The number of carbonyl (C=O) groups is 2. The number of hydrogen-bond acceptors (Lipinski definition) is 4. The van der Waals surface area contributed by atoms with Gasteiger partial charge >= 0.3 is 0 Å². The monoisotopic (exact) mass is 503 g/mol. The van der Waals surface area contributed by atoms with Crippen LogP contribution in [0.2, 0.25) is 0 Å². The van der Waals surface area contributed by atoms with E-state index in [-0.39, 0.29) is 23.3 Å². The Balaban J connectivity index is 1.15. The summed E-state index contributed by atoms with van der Waals surface area (Å²) in [5.41, 5.74) is 4.47. The SMILES string of the molecule is CCOCCN1CCc2ccccc2C1C(=O)NCC1C2CN(C(=O)c3ccc(C(C)(C)C)cc3)CC12. The average Bonchev–Trinajstić information content (AvgIpc) is 3.34. The average molecular weight is 504 g/mol. The third-order valence-electron chi connectivity index (χ3n) is 8.53. The van der Waals surface area contributed by atoms with Crippen molar-refractivity contribution in [2.75, 3.05) is 45.9 Å². The lowest BCUT2D eigenvalue weighted by atomic mass is 9.86. The molecule has 3 atom stereocenters. The molecule has 0 bridgehead atoms. The van der Waals surface area contributed by atoms with Crippen LogP contribution in [-0.4, -0.2) is 67.6 Å². The molecule has 198 valence electrons. The van der Waals surface area contributed by atoms with Gasteiger partial charge in [0.25, 0.3) is 5.91 Å². The summed E-state index contributed by atoms with van der Waals surface area (Å²) in [4.78, 5) is 30.8. The summed E-state index contributed by atoms with van der Waals surface area (Å²) in [7, 11) is 0. The van der Waals surface area contributed by atoms with E-state index in [2.05, 4.69) is 61.3 Å². The van der Waals surface area contributed by atoms with Crippen molar-refractivity contribution in [1.82, 2.24) is 15.1 Å². The number of nitrogens with zero attached hydrogens (tertiary/aromatic N) is 2.